The Kier molecular flexibility index (Phi) is 8.37. The number of amides is 2. The number of nitrogens with one attached hydrogen (secondary N) is 1. The van der Waals surface area contributed by atoms with Crippen LogP contribution in [0.4, 0.5) is 10.6 Å². The first-order chi connectivity index (χ1) is 20.9. The number of likely N-dealkylation sites (tertiary alicyclic amines) is 2. The Labute approximate surface area is 251 Å². The molecular weight excluding hydrogens is 542 g/mol. The molecule has 2 aliphatic rings. The topological polar surface area (TPSA) is 119 Å². The van der Waals surface area contributed by atoms with Crippen molar-refractivity contribution in [2.24, 2.45) is 7.05 Å². The van der Waals surface area contributed by atoms with Crippen LogP contribution in [0.1, 0.15) is 41.6 Å². The Hall–Kier alpha value is -4.70. The zero-order valence-corrected chi connectivity index (χ0v) is 24.4. The van der Waals surface area contributed by atoms with Crippen molar-refractivity contribution in [3.05, 3.63) is 84.3 Å². The number of piperidine rings is 1. The van der Waals surface area contributed by atoms with Crippen LogP contribution in [0, 0.1) is 0 Å². The molecule has 4 aromatic rings. The largest absolute Gasteiger partial charge is 0.415 e. The molecule has 0 saturated carbocycles. The molecule has 0 radical (unpaired) electrons. The average Bonchev–Trinajstić information content (AvgIpc) is 3.68. The average molecular weight is 580 g/mol. The number of carbonyl (C=O) groups is 2. The molecular formula is C33H37N7O3. The number of rotatable bonds is 7. The molecule has 0 unspecified atom stereocenters. The number of anilines is 1. The number of aryl methyl sites for hydroxylation is 1. The van der Waals surface area contributed by atoms with Gasteiger partial charge in [0, 0.05) is 56.2 Å². The van der Waals surface area contributed by atoms with Gasteiger partial charge < -0.3 is 20.7 Å². The zero-order chi connectivity index (χ0) is 29.8. The quantitative estimate of drug-likeness (QED) is 0.325. The number of carbonyl (C=O) groups excluding carboxylic acids is 2. The standard InChI is InChI=1S/C33H37N7O3/c1-38-21-27(19-36-38)26-17-30(31(34)35-18-26)32(41)37-28-12-15-40(22-28)33(42)43-29-7-5-6-25(16-29)24-10-8-23(9-11-24)20-39-13-3-2-4-14-39/h5-11,16-19,21,28H,2-4,12-15,20,22H2,1H3,(H2,34,35)(H,37,41)/t28-/m1/s1. The molecule has 2 amide bonds. The number of aromatic nitrogens is 3. The third kappa shape index (κ3) is 6.86. The Morgan fingerprint density at radius 2 is 1.77 bits per heavy atom. The normalized spacial score (nSPS) is 17.1. The van der Waals surface area contributed by atoms with Crippen LogP contribution in [0.2, 0.25) is 0 Å². The lowest BCUT2D eigenvalue weighted by molar-refractivity contribution is 0.0937. The summed E-state index contributed by atoms with van der Waals surface area (Å²) in [6, 6.07) is 17.7. The van der Waals surface area contributed by atoms with E-state index in [1.54, 1.807) is 34.1 Å². The van der Waals surface area contributed by atoms with Crippen molar-refractivity contribution in [2.75, 3.05) is 31.9 Å². The van der Waals surface area contributed by atoms with Crippen molar-refractivity contribution >= 4 is 17.8 Å². The van der Waals surface area contributed by atoms with Crippen LogP contribution in [0.25, 0.3) is 22.3 Å². The summed E-state index contributed by atoms with van der Waals surface area (Å²) in [5.74, 6) is 0.306. The minimum atomic E-state index is -0.439. The summed E-state index contributed by atoms with van der Waals surface area (Å²) in [6.45, 7) is 4.15. The third-order valence-corrected chi connectivity index (χ3v) is 8.16. The molecule has 2 aromatic carbocycles. The molecule has 2 aliphatic heterocycles. The van der Waals surface area contributed by atoms with Crippen LogP contribution in [0.15, 0.2) is 73.2 Å². The molecule has 2 fully saturated rings. The Morgan fingerprint density at radius 1 is 0.953 bits per heavy atom. The predicted molar refractivity (Wildman–Crippen MR) is 165 cm³/mol. The maximum absolute atomic E-state index is 13.1. The molecule has 10 nitrogen and oxygen atoms in total. The summed E-state index contributed by atoms with van der Waals surface area (Å²) < 4.78 is 7.42. The van der Waals surface area contributed by atoms with Gasteiger partial charge in [0.05, 0.1) is 11.8 Å². The molecule has 0 spiro atoms. The van der Waals surface area contributed by atoms with E-state index in [-0.39, 0.29) is 17.8 Å². The smallest absolute Gasteiger partial charge is 0.410 e. The Bertz CT molecular complexity index is 1590. The third-order valence-electron chi connectivity index (χ3n) is 8.16. The second-order valence-electron chi connectivity index (χ2n) is 11.4. The molecule has 6 rings (SSSR count). The van der Waals surface area contributed by atoms with E-state index in [9.17, 15) is 9.59 Å². The second kappa shape index (κ2) is 12.7. The minimum Gasteiger partial charge on any atom is -0.410 e. The van der Waals surface area contributed by atoms with E-state index in [4.69, 9.17) is 10.5 Å². The highest BCUT2D eigenvalue weighted by molar-refractivity contribution is 5.99. The molecule has 2 saturated heterocycles. The van der Waals surface area contributed by atoms with Gasteiger partial charge in [-0.2, -0.15) is 5.10 Å². The summed E-state index contributed by atoms with van der Waals surface area (Å²) in [4.78, 5) is 34.4. The number of hydrogen-bond acceptors (Lipinski definition) is 7. The van der Waals surface area contributed by atoms with Crippen molar-refractivity contribution in [3.8, 4) is 28.0 Å². The van der Waals surface area contributed by atoms with Crippen LogP contribution >= 0.6 is 0 Å². The Balaban J connectivity index is 1.04. The number of hydrogen-bond donors (Lipinski definition) is 2. The van der Waals surface area contributed by atoms with E-state index in [1.165, 1.54) is 37.9 Å². The molecule has 1 atom stereocenters. The van der Waals surface area contributed by atoms with Gasteiger partial charge in [-0.05, 0) is 67.2 Å². The van der Waals surface area contributed by atoms with Gasteiger partial charge in [0.1, 0.15) is 11.6 Å². The summed E-state index contributed by atoms with van der Waals surface area (Å²) in [5.41, 5.74) is 11.3. The number of nitrogen functional groups attached to an aromatic ring is 1. The lowest BCUT2D eigenvalue weighted by Gasteiger charge is -2.26. The number of benzene rings is 2. The molecule has 4 heterocycles. The fourth-order valence-electron chi connectivity index (χ4n) is 5.78. The maximum atomic E-state index is 13.1. The number of ether oxygens (including phenoxy) is 1. The molecule has 0 aliphatic carbocycles. The van der Waals surface area contributed by atoms with Gasteiger partial charge in [-0.3, -0.25) is 14.4 Å². The number of nitrogens with two attached hydrogens (primary N) is 1. The number of nitrogens with zero attached hydrogens (tertiary/aromatic N) is 5. The van der Waals surface area contributed by atoms with Gasteiger partial charge in [-0.15, -0.1) is 0 Å². The van der Waals surface area contributed by atoms with Gasteiger partial charge >= 0.3 is 6.09 Å². The SMILES string of the molecule is Cn1cc(-c2cnc(N)c(C(=O)N[C@@H]3CCN(C(=O)Oc4cccc(-c5ccc(CN6CCCCC6)cc5)c4)C3)c2)cn1. The first-order valence-electron chi connectivity index (χ1n) is 14.9. The molecule has 222 valence electrons. The molecule has 0 bridgehead atoms. The van der Waals surface area contributed by atoms with Crippen LogP contribution in [0.3, 0.4) is 0 Å². The van der Waals surface area contributed by atoms with E-state index in [0.717, 1.165) is 28.8 Å². The van der Waals surface area contributed by atoms with Gasteiger partial charge in [0.15, 0.2) is 0 Å². The van der Waals surface area contributed by atoms with Crippen molar-refractivity contribution in [3.63, 3.8) is 0 Å². The van der Waals surface area contributed by atoms with Crippen molar-refractivity contribution < 1.29 is 14.3 Å². The van der Waals surface area contributed by atoms with Crippen molar-refractivity contribution in [2.45, 2.75) is 38.3 Å². The van der Waals surface area contributed by atoms with Crippen molar-refractivity contribution in [1.29, 1.82) is 0 Å². The highest BCUT2D eigenvalue weighted by Gasteiger charge is 2.29. The zero-order valence-electron chi connectivity index (χ0n) is 24.4. The molecule has 43 heavy (non-hydrogen) atoms. The van der Waals surface area contributed by atoms with E-state index in [0.29, 0.717) is 30.8 Å². The summed E-state index contributed by atoms with van der Waals surface area (Å²) in [5, 5.41) is 7.17. The number of pyridine rings is 1. The summed E-state index contributed by atoms with van der Waals surface area (Å²) in [7, 11) is 1.82. The Morgan fingerprint density at radius 3 is 2.53 bits per heavy atom. The van der Waals surface area contributed by atoms with Gasteiger partial charge in [-0.1, -0.05) is 42.8 Å². The lowest BCUT2D eigenvalue weighted by atomic mass is 10.0. The van der Waals surface area contributed by atoms with E-state index < -0.39 is 6.09 Å². The van der Waals surface area contributed by atoms with Crippen LogP contribution in [0.5, 0.6) is 5.75 Å². The first kappa shape index (κ1) is 28.4. The second-order valence-corrected chi connectivity index (χ2v) is 11.4. The maximum Gasteiger partial charge on any atom is 0.415 e. The lowest BCUT2D eigenvalue weighted by Crippen LogP contribution is -2.39. The molecule has 2 aromatic heterocycles. The molecule has 10 heteroatoms. The summed E-state index contributed by atoms with van der Waals surface area (Å²) >= 11 is 0. The minimum absolute atomic E-state index is 0.149. The van der Waals surface area contributed by atoms with E-state index >= 15 is 0 Å². The van der Waals surface area contributed by atoms with Gasteiger partial charge in [0.25, 0.3) is 5.91 Å². The summed E-state index contributed by atoms with van der Waals surface area (Å²) in [6.07, 6.45) is 9.25. The first-order valence-corrected chi connectivity index (χ1v) is 14.9. The van der Waals surface area contributed by atoms with Crippen LogP contribution in [-0.4, -0.2) is 68.8 Å². The fourth-order valence-corrected chi connectivity index (χ4v) is 5.78. The van der Waals surface area contributed by atoms with Crippen molar-refractivity contribution in [1.82, 2.24) is 29.9 Å². The van der Waals surface area contributed by atoms with Crippen LogP contribution < -0.4 is 15.8 Å². The van der Waals surface area contributed by atoms with E-state index in [2.05, 4.69) is 44.6 Å². The highest BCUT2D eigenvalue weighted by atomic mass is 16.6. The fraction of sp³-hybridized carbons (Fsp3) is 0.333. The van der Waals surface area contributed by atoms with E-state index in [1.807, 2.05) is 31.4 Å². The van der Waals surface area contributed by atoms with Gasteiger partial charge in [-0.25, -0.2) is 9.78 Å². The van der Waals surface area contributed by atoms with Crippen LogP contribution in [-0.2, 0) is 13.6 Å². The predicted octanol–water partition coefficient (Wildman–Crippen LogP) is 4.72. The molecule has 3 N–H and O–H groups in total. The highest BCUT2D eigenvalue weighted by Crippen LogP contribution is 2.26. The monoisotopic (exact) mass is 579 g/mol. The van der Waals surface area contributed by atoms with Gasteiger partial charge in [0.2, 0.25) is 0 Å².